The highest BCUT2D eigenvalue weighted by atomic mass is 17.0. The molecule has 4 rings (SSSR count). The van der Waals surface area contributed by atoms with Crippen molar-refractivity contribution < 1.29 is 67.4 Å². The Balaban J connectivity index is 1.67. The molecule has 0 heterocycles. The van der Waals surface area contributed by atoms with E-state index in [-0.39, 0.29) is 35.4 Å². The van der Waals surface area contributed by atoms with Gasteiger partial charge in [0, 0.05) is 50.1 Å². The first-order chi connectivity index (χ1) is 43.3. The maximum Gasteiger partial charge on any atom is 0.421 e. The monoisotopic (exact) mass is 1250 g/mol. The second kappa shape index (κ2) is 40.7. The predicted octanol–water partition coefficient (Wildman–Crippen LogP) is 10.5. The molecule has 2 N–H and O–H groups in total. The van der Waals surface area contributed by atoms with Gasteiger partial charge in [0.2, 0.25) is 0 Å². The van der Waals surface area contributed by atoms with Crippen LogP contribution in [0.25, 0.3) is 0 Å². The summed E-state index contributed by atoms with van der Waals surface area (Å²) in [7, 11) is 7.11. The van der Waals surface area contributed by atoms with Crippen molar-refractivity contribution in [3.8, 4) is 35.1 Å². The van der Waals surface area contributed by atoms with Crippen LogP contribution in [0, 0.1) is 54.7 Å². The fourth-order valence-corrected chi connectivity index (χ4v) is 10.2. The predicted molar refractivity (Wildman–Crippen MR) is 333 cm³/mol. The number of nitrogens with zero attached hydrogens (tertiary/aromatic N) is 6. The summed E-state index contributed by atoms with van der Waals surface area (Å²) in [5.74, 6) is -5.00. The first-order valence-corrected chi connectivity index (χ1v) is 30.9. The van der Waals surface area contributed by atoms with Crippen LogP contribution in [0.4, 0.5) is 0 Å². The number of amides is 2. The molecule has 4 aromatic rings. The fourth-order valence-electron chi connectivity index (χ4n) is 10.2. The summed E-state index contributed by atoms with van der Waals surface area (Å²) in [6.07, 6.45) is 6.29. The van der Waals surface area contributed by atoms with Gasteiger partial charge >= 0.3 is 36.3 Å². The molecule has 0 aliphatic heterocycles. The molecule has 24 nitrogen and oxygen atoms in total. The molecule has 8 atom stereocenters. The number of carbonyl (C=O) groups is 4. The second-order valence-corrected chi connectivity index (χ2v) is 22.3. The van der Waals surface area contributed by atoms with Crippen LogP contribution in [0.15, 0.2) is 97.1 Å². The smallest absolute Gasteiger partial charge is 0.421 e. The third-order valence-corrected chi connectivity index (χ3v) is 15.2. The molecule has 0 aliphatic carbocycles. The van der Waals surface area contributed by atoms with E-state index in [0.717, 1.165) is 75.3 Å². The minimum Gasteiger partial charge on any atom is -0.497 e. The number of carbonyl (C=O) groups excluding carboxylic acids is 4. The highest BCUT2D eigenvalue weighted by molar-refractivity contribution is 6.30. The highest BCUT2D eigenvalue weighted by Crippen LogP contribution is 2.33. The molecule has 8 unspecified atom stereocenters. The Morgan fingerprint density at radius 3 is 1.27 bits per heavy atom. The van der Waals surface area contributed by atoms with Gasteiger partial charge in [-0.3, -0.25) is 19.4 Å². The Kier molecular flexibility index (Phi) is 33.4. The number of hydrogen-bond acceptors (Lipinski definition) is 20. The van der Waals surface area contributed by atoms with E-state index in [0.29, 0.717) is 74.2 Å². The van der Waals surface area contributed by atoms with Crippen molar-refractivity contribution in [1.82, 2.24) is 20.4 Å². The largest absolute Gasteiger partial charge is 0.497 e. The Morgan fingerprint density at radius 1 is 0.533 bits per heavy atom. The van der Waals surface area contributed by atoms with E-state index in [1.165, 1.54) is 26.0 Å². The lowest BCUT2D eigenvalue weighted by molar-refractivity contribution is -0.767. The Morgan fingerprint density at radius 2 is 0.911 bits per heavy atom. The summed E-state index contributed by atoms with van der Waals surface area (Å²) in [5, 5.41) is 45.3. The molecular formula is C66H90N8O16. The van der Waals surface area contributed by atoms with E-state index in [1.54, 1.807) is 38.5 Å². The molecule has 90 heavy (non-hydrogen) atoms. The Hall–Kier alpha value is -8.74. The topological polar surface area (TPSA) is 307 Å². The molecule has 490 valence electrons. The van der Waals surface area contributed by atoms with Crippen LogP contribution in [-0.4, -0.2) is 123 Å². The van der Waals surface area contributed by atoms with Crippen LogP contribution in [0.3, 0.4) is 0 Å². The van der Waals surface area contributed by atoms with Gasteiger partial charge in [-0.2, -0.15) is 10.5 Å². The van der Waals surface area contributed by atoms with Gasteiger partial charge in [0.15, 0.2) is 0 Å². The third-order valence-electron chi connectivity index (χ3n) is 15.2. The van der Waals surface area contributed by atoms with Crippen LogP contribution in [0.1, 0.15) is 152 Å². The molecular weight excluding hydrogens is 1160 g/mol. The van der Waals surface area contributed by atoms with E-state index in [1.807, 2.05) is 74.8 Å². The van der Waals surface area contributed by atoms with Gasteiger partial charge in [0.1, 0.15) is 35.2 Å². The number of likely N-dealkylation sites (N-methyl/N-ethyl adjacent to an activating group) is 2. The first kappa shape index (κ1) is 73.7. The molecule has 0 saturated heterocycles. The van der Waals surface area contributed by atoms with E-state index in [2.05, 4.69) is 56.1 Å². The number of rotatable bonds is 44. The molecule has 0 fully saturated rings. The number of benzene rings is 4. The number of unbranched alkanes of at least 4 members (excludes halogenated alkanes) is 6. The summed E-state index contributed by atoms with van der Waals surface area (Å²) in [5.41, 5.74) is 3.50. The number of ether oxygens (including phenoxy) is 6. The molecule has 0 aliphatic rings. The number of nitrogens with one attached hydrogen (secondary N) is 2. The molecule has 0 bridgehead atoms. The van der Waals surface area contributed by atoms with Gasteiger partial charge in [-0.15, -0.1) is 20.2 Å². The van der Waals surface area contributed by atoms with E-state index in [4.69, 9.17) is 28.4 Å². The van der Waals surface area contributed by atoms with Gasteiger partial charge in [-0.1, -0.05) is 114 Å². The average molecular weight is 1250 g/mol. The lowest BCUT2D eigenvalue weighted by atomic mass is 9.92. The summed E-state index contributed by atoms with van der Waals surface area (Å²) in [6, 6.07) is 33.1. The Bertz CT molecular complexity index is 2760. The van der Waals surface area contributed by atoms with Crippen LogP contribution in [0.5, 0.6) is 23.0 Å². The van der Waals surface area contributed by atoms with Crippen LogP contribution in [-0.2, 0) is 51.2 Å². The lowest BCUT2D eigenvalue weighted by Crippen LogP contribution is -2.47. The van der Waals surface area contributed by atoms with Gasteiger partial charge < -0.3 is 48.7 Å². The highest BCUT2D eigenvalue weighted by Gasteiger charge is 2.35. The first-order valence-electron chi connectivity index (χ1n) is 30.9. The standard InChI is InChI=1S/C66H90N8O16/c1-9-11-13-15-21-51(43-67)31-33-59(71(5)37-35-49-23-17-27-55(39-49)83-7)53-25-19-29-57(41-53)85-65(61(75)69-45-47(3)89-73(79)80)87-63(77)64(78)88-66(62(76)70-46-48(4)90-74(81)82)86-58-30-20-26-54(42-58)60(34-32-52(44-68)22-16-14-12-10-2)72(6)38-36-50-24-18-28-56(40-50)84-8/h17-20,23-30,39-42,47-48,51-52,59-60,65-66H,9-16,21-22,31-38,45-46H2,1-8H3,(H,69,75)(H,70,76). The maximum absolute atomic E-state index is 14.0. The van der Waals surface area contributed by atoms with Crippen molar-refractivity contribution in [2.75, 3.05) is 54.5 Å². The molecule has 4 aromatic carbocycles. The minimum absolute atomic E-state index is 0.00287. The van der Waals surface area contributed by atoms with E-state index < -0.39 is 71.8 Å². The van der Waals surface area contributed by atoms with Crippen LogP contribution in [0.2, 0.25) is 0 Å². The van der Waals surface area contributed by atoms with Gasteiger partial charge in [-0.05, 0) is 150 Å². The second-order valence-electron chi connectivity index (χ2n) is 22.3. The van der Waals surface area contributed by atoms with E-state index in [9.17, 15) is 49.9 Å². The summed E-state index contributed by atoms with van der Waals surface area (Å²) in [6.45, 7) is 7.05. The fraction of sp³-hybridized carbons (Fsp3) is 0.545. The van der Waals surface area contributed by atoms with Crippen LogP contribution >= 0.6 is 0 Å². The average Bonchev–Trinajstić information content (AvgIpc) is 1.53. The summed E-state index contributed by atoms with van der Waals surface area (Å²) >= 11 is 0. The SMILES string of the molecule is CCCCCCC(C#N)CCC(c1cccc(OC(OC(=O)C(=O)OC(Oc2cccc(C(CCC(C#N)CCCCCC)N(C)CCc3cccc(OC)c3)c2)C(=O)NCC(C)O[N+](=O)[O-])C(=O)NCC(C)O[N+](=O)[O-])c1)N(C)CCc1cccc(OC)c1. The number of methoxy groups -OCH3 is 2. The molecule has 0 spiro atoms. The van der Waals surface area contributed by atoms with Gasteiger partial charge in [0.25, 0.3) is 10.2 Å². The van der Waals surface area contributed by atoms with Crippen molar-refractivity contribution in [3.05, 3.63) is 140 Å². The molecule has 0 aromatic heterocycles. The zero-order valence-electron chi connectivity index (χ0n) is 53.2. The zero-order valence-corrected chi connectivity index (χ0v) is 53.2. The summed E-state index contributed by atoms with van der Waals surface area (Å²) < 4.78 is 33.8. The van der Waals surface area contributed by atoms with Crippen molar-refractivity contribution in [3.63, 3.8) is 0 Å². The Labute approximate surface area is 528 Å². The van der Waals surface area contributed by atoms with Crippen molar-refractivity contribution in [2.45, 2.75) is 167 Å². The van der Waals surface area contributed by atoms with Crippen molar-refractivity contribution >= 4 is 23.8 Å². The minimum atomic E-state index is -2.27. The number of esters is 2. The molecule has 2 amide bonds. The van der Waals surface area contributed by atoms with E-state index >= 15 is 0 Å². The van der Waals surface area contributed by atoms with Crippen molar-refractivity contribution in [1.29, 1.82) is 10.5 Å². The molecule has 24 heteroatoms. The molecule has 0 radical (unpaired) electrons. The quantitative estimate of drug-likeness (QED) is 0.0104. The summed E-state index contributed by atoms with van der Waals surface area (Å²) in [4.78, 5) is 91.5. The lowest BCUT2D eigenvalue weighted by Gasteiger charge is -2.30. The zero-order chi connectivity index (χ0) is 65.8. The van der Waals surface area contributed by atoms with Gasteiger partial charge in [-0.25, -0.2) is 9.59 Å². The number of nitriles is 2. The van der Waals surface area contributed by atoms with Crippen LogP contribution < -0.4 is 29.6 Å². The molecule has 0 saturated carbocycles. The maximum atomic E-state index is 14.0. The normalized spacial score (nSPS) is 13.7. The third kappa shape index (κ3) is 27.3. The van der Waals surface area contributed by atoms with Gasteiger partial charge in [0.05, 0.1) is 26.4 Å². The van der Waals surface area contributed by atoms with Crippen molar-refractivity contribution in [2.24, 2.45) is 11.8 Å². The number of hydrogen-bond donors (Lipinski definition) is 2.